The molecule has 0 spiro atoms. The second-order valence-corrected chi connectivity index (χ2v) is 3.95. The molecule has 1 aromatic carbocycles. The lowest BCUT2D eigenvalue weighted by molar-refractivity contribution is 0.325. The Morgan fingerprint density at radius 3 is 2.86 bits per heavy atom. The van der Waals surface area contributed by atoms with E-state index in [9.17, 15) is 0 Å². The van der Waals surface area contributed by atoms with Gasteiger partial charge in [-0.2, -0.15) is 0 Å². The quantitative estimate of drug-likeness (QED) is 0.586. The first-order valence-electron chi connectivity index (χ1n) is 4.26. The number of aliphatic imine (C=N–C) groups is 1. The molecule has 4 heteroatoms. The van der Waals surface area contributed by atoms with Crippen molar-refractivity contribution in [2.75, 3.05) is 6.61 Å². The maximum absolute atomic E-state index is 5.80. The van der Waals surface area contributed by atoms with Gasteiger partial charge in [0.1, 0.15) is 0 Å². The third kappa shape index (κ3) is 3.31. The van der Waals surface area contributed by atoms with Crippen molar-refractivity contribution < 1.29 is 4.74 Å². The van der Waals surface area contributed by atoms with Gasteiger partial charge in [0.05, 0.1) is 12.3 Å². The minimum absolute atomic E-state index is 0.626. The Bertz CT molecular complexity index is 352. The Morgan fingerprint density at radius 2 is 2.29 bits per heavy atom. The number of halogens is 2. The minimum atomic E-state index is 0.626. The molecule has 2 nitrogen and oxygen atoms in total. The van der Waals surface area contributed by atoms with E-state index in [1.165, 1.54) is 0 Å². The maximum atomic E-state index is 5.80. The van der Waals surface area contributed by atoms with Crippen molar-refractivity contribution in [1.29, 1.82) is 0 Å². The van der Waals surface area contributed by atoms with Gasteiger partial charge in [0.2, 0.25) is 0 Å². The average Bonchev–Trinajstić information content (AvgIpc) is 2.10. The number of benzene rings is 1. The van der Waals surface area contributed by atoms with Gasteiger partial charge in [-0.3, -0.25) is 0 Å². The van der Waals surface area contributed by atoms with Crippen LogP contribution in [-0.2, 0) is 4.74 Å². The molecule has 76 valence electrons. The monoisotopic (exact) mass is 275 g/mol. The summed E-state index contributed by atoms with van der Waals surface area (Å²) < 4.78 is 6.09. The molecule has 0 amide bonds. The van der Waals surface area contributed by atoms with E-state index < -0.39 is 0 Å². The molecule has 0 heterocycles. The van der Waals surface area contributed by atoms with E-state index in [2.05, 4.69) is 20.9 Å². The van der Waals surface area contributed by atoms with Crippen LogP contribution < -0.4 is 0 Å². The molecule has 1 aromatic rings. The SMILES string of the molecule is CCOC(C)=Nc1ccc(Cl)cc1Br. The van der Waals surface area contributed by atoms with Gasteiger partial charge in [-0.05, 0) is 41.1 Å². The summed E-state index contributed by atoms with van der Waals surface area (Å²) in [4.78, 5) is 4.28. The molecule has 0 radical (unpaired) electrons. The van der Waals surface area contributed by atoms with Crippen LogP contribution in [0.1, 0.15) is 13.8 Å². The van der Waals surface area contributed by atoms with Gasteiger partial charge < -0.3 is 4.74 Å². The summed E-state index contributed by atoms with van der Waals surface area (Å²) in [5.41, 5.74) is 0.820. The minimum Gasteiger partial charge on any atom is -0.481 e. The van der Waals surface area contributed by atoms with E-state index in [1.54, 1.807) is 12.1 Å². The predicted molar refractivity (Wildman–Crippen MR) is 63.5 cm³/mol. The number of hydrogen-bond donors (Lipinski definition) is 0. The Hall–Kier alpha value is -0.540. The Morgan fingerprint density at radius 1 is 1.57 bits per heavy atom. The zero-order valence-electron chi connectivity index (χ0n) is 8.05. The number of ether oxygens (including phenoxy) is 1. The Kier molecular flexibility index (Phi) is 4.42. The van der Waals surface area contributed by atoms with Crippen molar-refractivity contribution >= 4 is 39.1 Å². The maximum Gasteiger partial charge on any atom is 0.185 e. The summed E-state index contributed by atoms with van der Waals surface area (Å²) in [6.45, 7) is 4.38. The van der Waals surface area contributed by atoms with Gasteiger partial charge in [0.15, 0.2) is 5.90 Å². The van der Waals surface area contributed by atoms with Crippen LogP contribution in [0.3, 0.4) is 0 Å². The molecule has 0 bridgehead atoms. The summed E-state index contributed by atoms with van der Waals surface area (Å²) in [5, 5.41) is 0.685. The van der Waals surface area contributed by atoms with Gasteiger partial charge >= 0.3 is 0 Å². The van der Waals surface area contributed by atoms with Crippen molar-refractivity contribution in [3.05, 3.63) is 27.7 Å². The molecule has 0 saturated carbocycles. The molecule has 0 aliphatic heterocycles. The molecule has 0 N–H and O–H groups in total. The molecule has 0 unspecified atom stereocenters. The summed E-state index contributed by atoms with van der Waals surface area (Å²) in [6.07, 6.45) is 0. The second kappa shape index (κ2) is 5.37. The van der Waals surface area contributed by atoms with Crippen LogP contribution in [0.4, 0.5) is 5.69 Å². The number of hydrogen-bond acceptors (Lipinski definition) is 2. The fourth-order valence-corrected chi connectivity index (χ4v) is 1.75. The topological polar surface area (TPSA) is 21.6 Å². The Balaban J connectivity index is 2.91. The van der Waals surface area contributed by atoms with Crippen LogP contribution in [-0.4, -0.2) is 12.5 Å². The third-order valence-electron chi connectivity index (χ3n) is 1.54. The van der Waals surface area contributed by atoms with Crippen LogP contribution in [0, 0.1) is 0 Å². The lowest BCUT2D eigenvalue weighted by Gasteiger charge is -2.03. The molecule has 0 aliphatic rings. The smallest absolute Gasteiger partial charge is 0.185 e. The van der Waals surface area contributed by atoms with E-state index >= 15 is 0 Å². The van der Waals surface area contributed by atoms with Crippen molar-refractivity contribution in [1.82, 2.24) is 0 Å². The van der Waals surface area contributed by atoms with E-state index in [1.807, 2.05) is 19.9 Å². The van der Waals surface area contributed by atoms with Crippen molar-refractivity contribution in [2.24, 2.45) is 4.99 Å². The summed E-state index contributed by atoms with van der Waals surface area (Å²) in [5.74, 6) is 0.649. The van der Waals surface area contributed by atoms with Crippen LogP contribution in [0.15, 0.2) is 27.7 Å². The zero-order chi connectivity index (χ0) is 10.6. The normalized spacial score (nSPS) is 11.6. The largest absolute Gasteiger partial charge is 0.481 e. The first-order chi connectivity index (χ1) is 6.63. The predicted octanol–water partition coefficient (Wildman–Crippen LogP) is 4.19. The number of rotatable bonds is 2. The highest BCUT2D eigenvalue weighted by molar-refractivity contribution is 9.10. The van der Waals surface area contributed by atoms with Crippen LogP contribution in [0.5, 0.6) is 0 Å². The highest BCUT2D eigenvalue weighted by Gasteiger charge is 1.99. The molecular formula is C10H11BrClNO. The van der Waals surface area contributed by atoms with Gasteiger partial charge in [0, 0.05) is 16.4 Å². The van der Waals surface area contributed by atoms with Crippen molar-refractivity contribution in [2.45, 2.75) is 13.8 Å². The van der Waals surface area contributed by atoms with Crippen LogP contribution in [0.2, 0.25) is 5.02 Å². The molecule has 1 rings (SSSR count). The first kappa shape index (κ1) is 11.5. The fourth-order valence-electron chi connectivity index (χ4n) is 0.983. The molecular weight excluding hydrogens is 265 g/mol. The molecule has 14 heavy (non-hydrogen) atoms. The number of nitrogens with zero attached hydrogens (tertiary/aromatic N) is 1. The summed E-state index contributed by atoms with van der Waals surface area (Å²) >= 11 is 9.18. The van der Waals surface area contributed by atoms with E-state index in [0.29, 0.717) is 17.5 Å². The highest BCUT2D eigenvalue weighted by Crippen LogP contribution is 2.28. The van der Waals surface area contributed by atoms with E-state index in [0.717, 1.165) is 10.2 Å². The Labute approximate surface area is 97.1 Å². The standard InChI is InChI=1S/C10H11BrClNO/c1-3-14-7(2)13-10-5-4-8(12)6-9(10)11/h4-6H,3H2,1-2H3. The lowest BCUT2D eigenvalue weighted by Crippen LogP contribution is -1.97. The first-order valence-corrected chi connectivity index (χ1v) is 5.43. The molecule has 0 atom stereocenters. The van der Waals surface area contributed by atoms with Gasteiger partial charge in [-0.1, -0.05) is 11.6 Å². The van der Waals surface area contributed by atoms with Crippen molar-refractivity contribution in [3.63, 3.8) is 0 Å². The summed E-state index contributed by atoms with van der Waals surface area (Å²) in [7, 11) is 0. The van der Waals surface area contributed by atoms with Gasteiger partial charge in [0.25, 0.3) is 0 Å². The van der Waals surface area contributed by atoms with Crippen LogP contribution in [0.25, 0.3) is 0 Å². The lowest BCUT2D eigenvalue weighted by atomic mass is 10.3. The molecule has 0 aliphatic carbocycles. The highest BCUT2D eigenvalue weighted by atomic mass is 79.9. The van der Waals surface area contributed by atoms with Gasteiger partial charge in [-0.25, -0.2) is 4.99 Å². The molecule has 0 aromatic heterocycles. The third-order valence-corrected chi connectivity index (χ3v) is 2.41. The van der Waals surface area contributed by atoms with E-state index in [-0.39, 0.29) is 0 Å². The summed E-state index contributed by atoms with van der Waals surface area (Å²) in [6, 6.07) is 5.44. The van der Waals surface area contributed by atoms with Crippen molar-refractivity contribution in [3.8, 4) is 0 Å². The average molecular weight is 277 g/mol. The second-order valence-electron chi connectivity index (χ2n) is 2.66. The van der Waals surface area contributed by atoms with E-state index in [4.69, 9.17) is 16.3 Å². The molecule has 0 saturated heterocycles. The fraction of sp³-hybridized carbons (Fsp3) is 0.300. The zero-order valence-corrected chi connectivity index (χ0v) is 10.4. The molecule has 0 fully saturated rings. The van der Waals surface area contributed by atoms with Gasteiger partial charge in [-0.15, -0.1) is 0 Å². The van der Waals surface area contributed by atoms with Crippen LogP contribution >= 0.6 is 27.5 Å².